The molecule has 1 N–H and O–H groups in total. The topological polar surface area (TPSA) is 119 Å². The summed E-state index contributed by atoms with van der Waals surface area (Å²) < 4.78 is 46.9. The Labute approximate surface area is 196 Å². The molecule has 0 aromatic heterocycles. The number of nitrogens with one attached hydrogen (secondary N) is 1. The van der Waals surface area contributed by atoms with Crippen LogP contribution in [0.5, 0.6) is 5.75 Å². The predicted octanol–water partition coefficient (Wildman–Crippen LogP) is 4.21. The summed E-state index contributed by atoms with van der Waals surface area (Å²) in [4.78, 5) is 22.6. The van der Waals surface area contributed by atoms with Gasteiger partial charge in [-0.25, -0.2) is 8.42 Å². The fourth-order valence-corrected chi connectivity index (χ4v) is 4.86. The second-order valence-corrected chi connectivity index (χ2v) is 9.07. The number of nitro groups is 1. The number of anilines is 1. The lowest BCUT2D eigenvalue weighted by atomic mass is 10.2. The van der Waals surface area contributed by atoms with E-state index in [0.29, 0.717) is 0 Å². The third kappa shape index (κ3) is 5.38. The summed E-state index contributed by atoms with van der Waals surface area (Å²) in [5, 5.41) is 13.4. The Hall–Kier alpha value is -3.83. The van der Waals surface area contributed by atoms with Gasteiger partial charge >= 0.3 is 5.69 Å². The van der Waals surface area contributed by atoms with Crippen LogP contribution in [-0.4, -0.2) is 37.2 Å². The van der Waals surface area contributed by atoms with E-state index in [1.807, 2.05) is 6.07 Å². The highest BCUT2D eigenvalue weighted by Crippen LogP contribution is 2.29. The summed E-state index contributed by atoms with van der Waals surface area (Å²) in [5.41, 5.74) is -0.0475. The number of ether oxygens (including phenoxy) is 1. The van der Waals surface area contributed by atoms with E-state index in [1.165, 1.54) is 35.7 Å². The summed E-state index contributed by atoms with van der Waals surface area (Å²) >= 11 is 0. The van der Waals surface area contributed by atoms with Crippen molar-refractivity contribution < 1.29 is 27.3 Å². The van der Waals surface area contributed by atoms with Crippen LogP contribution in [0.15, 0.2) is 71.6 Å². The average Bonchev–Trinajstić information content (AvgIpc) is 2.83. The smallest absolute Gasteiger partial charge is 0.306 e. The van der Waals surface area contributed by atoms with Gasteiger partial charge in [-0.05, 0) is 35.9 Å². The molecule has 0 heterocycles. The number of amides is 1. The zero-order chi connectivity index (χ0) is 24.9. The maximum atomic E-state index is 13.6. The lowest BCUT2D eigenvalue weighted by molar-refractivity contribution is -0.387. The van der Waals surface area contributed by atoms with Crippen LogP contribution in [0.1, 0.15) is 22.8 Å². The van der Waals surface area contributed by atoms with Crippen molar-refractivity contribution >= 4 is 27.3 Å². The predicted molar refractivity (Wildman–Crippen MR) is 124 cm³/mol. The summed E-state index contributed by atoms with van der Waals surface area (Å²) in [6.07, 6.45) is 0. The number of hydrogen-bond acceptors (Lipinski definition) is 6. The quantitative estimate of drug-likeness (QED) is 0.357. The highest BCUT2D eigenvalue weighted by Gasteiger charge is 2.28. The molecule has 0 atom stereocenters. The molecular weight excluding hydrogens is 465 g/mol. The van der Waals surface area contributed by atoms with Gasteiger partial charge in [-0.15, -0.1) is 0 Å². The molecule has 34 heavy (non-hydrogen) atoms. The van der Waals surface area contributed by atoms with Crippen molar-refractivity contribution in [3.63, 3.8) is 0 Å². The monoisotopic (exact) mass is 487 g/mol. The van der Waals surface area contributed by atoms with Crippen LogP contribution in [-0.2, 0) is 16.6 Å². The zero-order valence-electron chi connectivity index (χ0n) is 18.4. The molecule has 0 radical (unpaired) electrons. The van der Waals surface area contributed by atoms with Crippen molar-refractivity contribution in [2.45, 2.75) is 18.4 Å². The lowest BCUT2D eigenvalue weighted by Gasteiger charge is -2.22. The van der Waals surface area contributed by atoms with Crippen molar-refractivity contribution in [3.05, 3.63) is 93.8 Å². The molecule has 0 fully saturated rings. The van der Waals surface area contributed by atoms with Crippen LogP contribution in [0.4, 0.5) is 15.8 Å². The number of nitrogens with zero attached hydrogens (tertiary/aromatic N) is 2. The summed E-state index contributed by atoms with van der Waals surface area (Å²) in [7, 11) is -2.74. The number of methoxy groups -OCH3 is 1. The number of halogens is 1. The molecule has 9 nitrogen and oxygen atoms in total. The number of carbonyl (C=O) groups excluding carboxylic acids is 1. The third-order valence-electron chi connectivity index (χ3n) is 5.00. The van der Waals surface area contributed by atoms with E-state index < -0.39 is 32.4 Å². The van der Waals surface area contributed by atoms with Gasteiger partial charge < -0.3 is 10.1 Å². The summed E-state index contributed by atoms with van der Waals surface area (Å²) in [5.74, 6) is -1.72. The second kappa shape index (κ2) is 10.4. The van der Waals surface area contributed by atoms with Crippen molar-refractivity contribution in [2.24, 2.45) is 0 Å². The molecule has 3 aromatic rings. The van der Waals surface area contributed by atoms with Crippen LogP contribution in [0.3, 0.4) is 0 Å². The first-order chi connectivity index (χ1) is 16.2. The maximum absolute atomic E-state index is 13.6. The average molecular weight is 488 g/mol. The molecule has 1 amide bonds. The van der Waals surface area contributed by atoms with Gasteiger partial charge in [-0.1, -0.05) is 37.3 Å². The Balaban J connectivity index is 1.94. The van der Waals surface area contributed by atoms with Crippen molar-refractivity contribution in [2.75, 3.05) is 19.0 Å². The summed E-state index contributed by atoms with van der Waals surface area (Å²) in [6, 6.07) is 15.9. The fraction of sp³-hybridized carbons (Fsp3) is 0.174. The number of sulfonamides is 1. The van der Waals surface area contributed by atoms with Gasteiger partial charge in [0.05, 0.1) is 12.0 Å². The molecule has 0 aliphatic rings. The van der Waals surface area contributed by atoms with E-state index in [-0.39, 0.29) is 35.0 Å². The Bertz CT molecular complexity index is 1320. The Morgan fingerprint density at radius 3 is 2.44 bits per heavy atom. The molecule has 3 aromatic carbocycles. The number of benzene rings is 3. The van der Waals surface area contributed by atoms with E-state index in [0.717, 1.165) is 17.7 Å². The lowest BCUT2D eigenvalue weighted by Crippen LogP contribution is -2.31. The highest BCUT2D eigenvalue weighted by molar-refractivity contribution is 7.89. The van der Waals surface area contributed by atoms with E-state index in [9.17, 15) is 27.7 Å². The van der Waals surface area contributed by atoms with Gasteiger partial charge in [0.2, 0.25) is 15.8 Å². The van der Waals surface area contributed by atoms with Crippen LogP contribution in [0.2, 0.25) is 0 Å². The molecule has 178 valence electrons. The second-order valence-electron chi connectivity index (χ2n) is 7.16. The van der Waals surface area contributed by atoms with Gasteiger partial charge in [0.25, 0.3) is 5.91 Å². The first-order valence-corrected chi connectivity index (χ1v) is 11.6. The Morgan fingerprint density at radius 2 is 1.82 bits per heavy atom. The maximum Gasteiger partial charge on any atom is 0.306 e. The van der Waals surface area contributed by atoms with E-state index >= 15 is 0 Å². The SMILES string of the molecule is CCN(Cc1ccccc1)S(=O)(=O)c1cc(C(=O)Nc2ccc(F)c([N+](=O)[O-])c2)ccc1OC. The fourth-order valence-electron chi connectivity index (χ4n) is 3.25. The van der Waals surface area contributed by atoms with Crippen molar-refractivity contribution in [3.8, 4) is 5.75 Å². The molecule has 11 heteroatoms. The standard InChI is InChI=1S/C23H22FN3O6S/c1-3-26(15-16-7-5-4-6-8-16)34(31,32)22-13-17(9-12-21(22)33-2)23(28)25-18-10-11-19(24)20(14-18)27(29)30/h4-14H,3,15H2,1-2H3,(H,25,28). The number of rotatable bonds is 9. The van der Waals surface area contributed by atoms with E-state index in [2.05, 4.69) is 5.32 Å². The van der Waals surface area contributed by atoms with Gasteiger partial charge in [-0.3, -0.25) is 14.9 Å². The molecule has 0 saturated heterocycles. The highest BCUT2D eigenvalue weighted by atomic mass is 32.2. The van der Waals surface area contributed by atoms with Crippen LogP contribution >= 0.6 is 0 Å². The van der Waals surface area contributed by atoms with E-state index in [4.69, 9.17) is 4.74 Å². The molecule has 0 spiro atoms. The summed E-state index contributed by atoms with van der Waals surface area (Å²) in [6.45, 7) is 2.00. The zero-order valence-corrected chi connectivity index (χ0v) is 19.2. The normalized spacial score (nSPS) is 11.3. The minimum atomic E-state index is -4.06. The minimum Gasteiger partial charge on any atom is -0.495 e. The van der Waals surface area contributed by atoms with Crippen molar-refractivity contribution in [1.29, 1.82) is 0 Å². The van der Waals surface area contributed by atoms with Gasteiger partial charge in [0, 0.05) is 30.4 Å². The van der Waals surface area contributed by atoms with Gasteiger partial charge in [0.15, 0.2) is 0 Å². The van der Waals surface area contributed by atoms with E-state index in [1.54, 1.807) is 31.2 Å². The van der Waals surface area contributed by atoms with Crippen LogP contribution in [0.25, 0.3) is 0 Å². The molecular formula is C23H22FN3O6S. The Kier molecular flexibility index (Phi) is 7.59. The first-order valence-electron chi connectivity index (χ1n) is 10.1. The minimum absolute atomic E-state index is 0.0161. The third-order valence-corrected chi connectivity index (χ3v) is 6.94. The number of carbonyl (C=O) groups is 1. The molecule has 0 bridgehead atoms. The van der Waals surface area contributed by atoms with Gasteiger partial charge in [-0.2, -0.15) is 8.70 Å². The number of nitro benzene ring substituents is 1. The van der Waals surface area contributed by atoms with Crippen LogP contribution < -0.4 is 10.1 Å². The Morgan fingerprint density at radius 1 is 1.12 bits per heavy atom. The first kappa shape index (κ1) is 24.8. The largest absolute Gasteiger partial charge is 0.495 e. The van der Waals surface area contributed by atoms with Crippen LogP contribution in [0, 0.1) is 15.9 Å². The van der Waals surface area contributed by atoms with Gasteiger partial charge in [0.1, 0.15) is 10.6 Å². The molecule has 3 rings (SSSR count). The molecule has 0 unspecified atom stereocenters. The molecule has 0 aliphatic heterocycles. The number of hydrogen-bond donors (Lipinski definition) is 1. The van der Waals surface area contributed by atoms with Crippen molar-refractivity contribution in [1.82, 2.24) is 4.31 Å². The molecule has 0 saturated carbocycles. The molecule has 0 aliphatic carbocycles.